The average Bonchev–Trinajstić information content (AvgIpc) is 2.93. The van der Waals surface area contributed by atoms with E-state index in [9.17, 15) is 4.79 Å². The first-order chi connectivity index (χ1) is 11.1. The number of amides is 1. The van der Waals surface area contributed by atoms with Crippen molar-refractivity contribution in [3.05, 3.63) is 28.6 Å². The summed E-state index contributed by atoms with van der Waals surface area (Å²) in [5.41, 5.74) is 1.68. The molecule has 5 nitrogen and oxygen atoms in total. The van der Waals surface area contributed by atoms with Crippen molar-refractivity contribution in [2.24, 2.45) is 11.8 Å². The minimum absolute atomic E-state index is 0. The van der Waals surface area contributed by atoms with Gasteiger partial charge in [0, 0.05) is 16.9 Å². The van der Waals surface area contributed by atoms with Gasteiger partial charge in [0.15, 0.2) is 5.13 Å². The van der Waals surface area contributed by atoms with Gasteiger partial charge in [-0.25, -0.2) is 4.98 Å². The molecule has 130 valence electrons. The number of nitrogens with one attached hydrogen (secondary N) is 2. The number of hydrogen-bond acceptors (Lipinski definition) is 5. The van der Waals surface area contributed by atoms with Gasteiger partial charge in [-0.2, -0.15) is 0 Å². The quantitative estimate of drug-likeness (QED) is 0.820. The predicted octanol–water partition coefficient (Wildman–Crippen LogP) is 3.69. The third-order valence-electron chi connectivity index (χ3n) is 4.12. The van der Waals surface area contributed by atoms with E-state index in [-0.39, 0.29) is 24.2 Å². The lowest BCUT2D eigenvalue weighted by atomic mass is 9.88. The molecule has 2 N–H and O–H groups in total. The highest BCUT2D eigenvalue weighted by molar-refractivity contribution is 7.14. The third-order valence-corrected chi connectivity index (χ3v) is 5.17. The number of carbonyl (C=O) groups is 1. The fraction of sp³-hybridized carbons (Fsp3) is 0.375. The van der Waals surface area contributed by atoms with Crippen LogP contribution in [-0.4, -0.2) is 31.1 Å². The van der Waals surface area contributed by atoms with Crippen LogP contribution >= 0.6 is 35.3 Å². The SMILES string of the molecule is COc1ccc(-c2csc(NC(=O)C(C)C3CNC3)n2)cc1Cl.Cl. The van der Waals surface area contributed by atoms with Crippen molar-refractivity contribution in [2.75, 3.05) is 25.5 Å². The van der Waals surface area contributed by atoms with Crippen molar-refractivity contribution < 1.29 is 9.53 Å². The molecule has 1 fully saturated rings. The number of benzene rings is 1. The monoisotopic (exact) mass is 387 g/mol. The lowest BCUT2D eigenvalue weighted by molar-refractivity contribution is -0.121. The number of thiazole rings is 1. The molecule has 1 aromatic heterocycles. The van der Waals surface area contributed by atoms with Crippen LogP contribution in [0.25, 0.3) is 11.3 Å². The Hall–Kier alpha value is -1.34. The van der Waals surface area contributed by atoms with Crippen LogP contribution in [0, 0.1) is 11.8 Å². The first kappa shape index (κ1) is 19.0. The molecule has 0 bridgehead atoms. The molecular formula is C16H19Cl2N3O2S. The van der Waals surface area contributed by atoms with Crippen molar-refractivity contribution in [1.29, 1.82) is 0 Å². The Bertz CT molecular complexity index is 719. The minimum atomic E-state index is -0.0148. The van der Waals surface area contributed by atoms with E-state index in [2.05, 4.69) is 15.6 Å². The van der Waals surface area contributed by atoms with Gasteiger partial charge in [-0.3, -0.25) is 4.79 Å². The number of halogens is 2. The standard InChI is InChI=1S/C16H18ClN3O2S.ClH/c1-9(11-6-18-7-11)15(21)20-16-19-13(8-23-16)10-3-4-14(22-2)12(17)5-10;/h3-5,8-9,11,18H,6-7H2,1-2H3,(H,19,20,21);1H. The van der Waals surface area contributed by atoms with Gasteiger partial charge in [-0.05, 0) is 37.2 Å². The van der Waals surface area contributed by atoms with E-state index in [1.807, 2.05) is 24.4 Å². The Labute approximate surface area is 156 Å². The van der Waals surface area contributed by atoms with Gasteiger partial charge in [-0.15, -0.1) is 23.7 Å². The second kappa shape index (κ2) is 8.16. The van der Waals surface area contributed by atoms with E-state index in [1.165, 1.54) is 11.3 Å². The highest BCUT2D eigenvalue weighted by Crippen LogP contribution is 2.32. The summed E-state index contributed by atoms with van der Waals surface area (Å²) in [6.07, 6.45) is 0. The van der Waals surface area contributed by atoms with Crippen molar-refractivity contribution in [3.8, 4) is 17.0 Å². The van der Waals surface area contributed by atoms with Crippen LogP contribution in [0.1, 0.15) is 6.92 Å². The molecule has 1 aliphatic heterocycles. The number of hydrogen-bond donors (Lipinski definition) is 2. The highest BCUT2D eigenvalue weighted by atomic mass is 35.5. The number of carbonyl (C=O) groups excluding carboxylic acids is 1. The Morgan fingerprint density at radius 1 is 1.50 bits per heavy atom. The second-order valence-electron chi connectivity index (χ2n) is 5.58. The van der Waals surface area contributed by atoms with Crippen LogP contribution in [0.4, 0.5) is 5.13 Å². The van der Waals surface area contributed by atoms with Crippen LogP contribution in [0.15, 0.2) is 23.6 Å². The maximum atomic E-state index is 12.2. The Morgan fingerprint density at radius 2 is 2.25 bits per heavy atom. The number of aromatic nitrogens is 1. The summed E-state index contributed by atoms with van der Waals surface area (Å²) in [4.78, 5) is 16.7. The average molecular weight is 388 g/mol. The first-order valence-electron chi connectivity index (χ1n) is 7.39. The summed E-state index contributed by atoms with van der Waals surface area (Å²) in [7, 11) is 1.58. The summed E-state index contributed by atoms with van der Waals surface area (Å²) in [6, 6.07) is 5.51. The van der Waals surface area contributed by atoms with E-state index >= 15 is 0 Å². The van der Waals surface area contributed by atoms with E-state index in [1.54, 1.807) is 13.2 Å². The van der Waals surface area contributed by atoms with Crippen molar-refractivity contribution in [3.63, 3.8) is 0 Å². The molecule has 2 aromatic rings. The molecule has 1 amide bonds. The highest BCUT2D eigenvalue weighted by Gasteiger charge is 2.29. The maximum Gasteiger partial charge on any atom is 0.229 e. The third kappa shape index (κ3) is 4.00. The molecule has 0 saturated carbocycles. The van der Waals surface area contributed by atoms with Gasteiger partial charge in [0.2, 0.25) is 5.91 Å². The summed E-state index contributed by atoms with van der Waals surface area (Å²) in [6.45, 7) is 3.77. The van der Waals surface area contributed by atoms with Crippen molar-refractivity contribution >= 4 is 46.4 Å². The molecule has 1 aromatic carbocycles. The van der Waals surface area contributed by atoms with Crippen molar-refractivity contribution in [2.45, 2.75) is 6.92 Å². The fourth-order valence-electron chi connectivity index (χ4n) is 2.39. The van der Waals surface area contributed by atoms with E-state index in [0.29, 0.717) is 21.8 Å². The van der Waals surface area contributed by atoms with Crippen LogP contribution in [0.2, 0.25) is 5.02 Å². The van der Waals surface area contributed by atoms with E-state index < -0.39 is 0 Å². The number of nitrogens with zero attached hydrogens (tertiary/aromatic N) is 1. The van der Waals surface area contributed by atoms with Gasteiger partial charge in [0.1, 0.15) is 5.75 Å². The molecule has 2 heterocycles. The molecule has 8 heteroatoms. The smallest absolute Gasteiger partial charge is 0.229 e. The van der Waals surface area contributed by atoms with E-state index in [0.717, 1.165) is 24.3 Å². The molecule has 0 radical (unpaired) electrons. The number of ether oxygens (including phenoxy) is 1. The number of rotatable bonds is 5. The van der Waals surface area contributed by atoms with Crippen LogP contribution in [0.3, 0.4) is 0 Å². The molecule has 1 unspecified atom stereocenters. The minimum Gasteiger partial charge on any atom is -0.495 e. The maximum absolute atomic E-state index is 12.2. The van der Waals surface area contributed by atoms with E-state index in [4.69, 9.17) is 16.3 Å². The van der Waals surface area contributed by atoms with Crippen LogP contribution < -0.4 is 15.4 Å². The summed E-state index contributed by atoms with van der Waals surface area (Å²) in [5, 5.41) is 9.14. The number of methoxy groups -OCH3 is 1. The Morgan fingerprint density at radius 3 is 2.83 bits per heavy atom. The molecule has 1 aliphatic rings. The zero-order chi connectivity index (χ0) is 16.4. The Kier molecular flexibility index (Phi) is 6.46. The molecule has 0 aliphatic carbocycles. The zero-order valence-electron chi connectivity index (χ0n) is 13.3. The lowest BCUT2D eigenvalue weighted by Gasteiger charge is -2.31. The normalized spacial score (nSPS) is 15.1. The summed E-state index contributed by atoms with van der Waals surface area (Å²) < 4.78 is 5.15. The van der Waals surface area contributed by atoms with Gasteiger partial charge in [0.05, 0.1) is 17.8 Å². The lowest BCUT2D eigenvalue weighted by Crippen LogP contribution is -2.48. The van der Waals surface area contributed by atoms with Crippen LogP contribution in [-0.2, 0) is 4.79 Å². The van der Waals surface area contributed by atoms with Gasteiger partial charge in [0.25, 0.3) is 0 Å². The molecule has 0 spiro atoms. The largest absolute Gasteiger partial charge is 0.495 e. The zero-order valence-corrected chi connectivity index (χ0v) is 15.7. The molecular weight excluding hydrogens is 369 g/mol. The van der Waals surface area contributed by atoms with Gasteiger partial charge < -0.3 is 15.4 Å². The van der Waals surface area contributed by atoms with Crippen molar-refractivity contribution in [1.82, 2.24) is 10.3 Å². The molecule has 3 rings (SSSR count). The molecule has 1 saturated heterocycles. The van der Waals surface area contributed by atoms with Gasteiger partial charge >= 0.3 is 0 Å². The fourth-order valence-corrected chi connectivity index (χ4v) is 3.37. The van der Waals surface area contributed by atoms with Crippen LogP contribution in [0.5, 0.6) is 5.75 Å². The van der Waals surface area contributed by atoms with Gasteiger partial charge in [-0.1, -0.05) is 18.5 Å². The molecule has 24 heavy (non-hydrogen) atoms. The second-order valence-corrected chi connectivity index (χ2v) is 6.85. The first-order valence-corrected chi connectivity index (χ1v) is 8.65. The predicted molar refractivity (Wildman–Crippen MR) is 101 cm³/mol. The molecule has 1 atom stereocenters. The summed E-state index contributed by atoms with van der Waals surface area (Å²) in [5.74, 6) is 1.04. The Balaban J connectivity index is 0.00000208. The topological polar surface area (TPSA) is 63.2 Å². The number of anilines is 1. The summed E-state index contributed by atoms with van der Waals surface area (Å²) >= 11 is 7.55.